The van der Waals surface area contributed by atoms with Gasteiger partial charge < -0.3 is 20.5 Å². The zero-order valence-electron chi connectivity index (χ0n) is 12.8. The zero-order valence-corrected chi connectivity index (χ0v) is 13.7. The van der Waals surface area contributed by atoms with Crippen molar-refractivity contribution < 1.29 is 27.4 Å². The van der Waals surface area contributed by atoms with E-state index in [-0.39, 0.29) is 30.2 Å². The number of rotatable bonds is 6. The van der Waals surface area contributed by atoms with Gasteiger partial charge in [0.15, 0.2) is 0 Å². The van der Waals surface area contributed by atoms with Crippen molar-refractivity contribution in [2.75, 3.05) is 13.1 Å². The molecule has 1 aliphatic rings. The van der Waals surface area contributed by atoms with Crippen LogP contribution in [-0.2, 0) is 16.0 Å². The van der Waals surface area contributed by atoms with E-state index in [0.717, 1.165) is 12.0 Å². The Balaban J connectivity index is 0.00000288. The summed E-state index contributed by atoms with van der Waals surface area (Å²) in [5.41, 5.74) is 6.28. The fourth-order valence-corrected chi connectivity index (χ4v) is 2.37. The predicted molar refractivity (Wildman–Crippen MR) is 84.0 cm³/mol. The van der Waals surface area contributed by atoms with Gasteiger partial charge in [-0.25, -0.2) is 0 Å². The Kier molecular flexibility index (Phi) is 7.78. The van der Waals surface area contributed by atoms with E-state index in [0.29, 0.717) is 25.9 Å². The van der Waals surface area contributed by atoms with Crippen molar-refractivity contribution in [3.63, 3.8) is 0 Å². The van der Waals surface area contributed by atoms with Gasteiger partial charge in [0.1, 0.15) is 11.9 Å². The summed E-state index contributed by atoms with van der Waals surface area (Å²) in [5.74, 6) is -0.449. The molecule has 2 atom stereocenters. The van der Waals surface area contributed by atoms with E-state index in [2.05, 4.69) is 10.1 Å². The molecule has 1 aliphatic heterocycles. The normalized spacial score (nSPS) is 20.3. The highest BCUT2D eigenvalue weighted by Crippen LogP contribution is 2.23. The molecule has 1 saturated heterocycles. The lowest BCUT2D eigenvalue weighted by Crippen LogP contribution is -2.36. The van der Waals surface area contributed by atoms with Crippen molar-refractivity contribution in [2.45, 2.75) is 37.8 Å². The van der Waals surface area contributed by atoms with Gasteiger partial charge in [-0.05, 0) is 37.0 Å². The summed E-state index contributed by atoms with van der Waals surface area (Å²) < 4.78 is 45.4. The lowest BCUT2D eigenvalue weighted by atomic mass is 10.1. The van der Waals surface area contributed by atoms with Gasteiger partial charge in [0.25, 0.3) is 0 Å². The van der Waals surface area contributed by atoms with Crippen LogP contribution < -0.4 is 15.8 Å². The summed E-state index contributed by atoms with van der Waals surface area (Å²) in [5, 5.41) is 2.75. The van der Waals surface area contributed by atoms with Crippen molar-refractivity contribution in [3.05, 3.63) is 29.8 Å². The van der Waals surface area contributed by atoms with Crippen LogP contribution in [0.5, 0.6) is 5.75 Å². The highest BCUT2D eigenvalue weighted by molar-refractivity contribution is 5.85. The Morgan fingerprint density at radius 2 is 1.96 bits per heavy atom. The Morgan fingerprint density at radius 1 is 1.29 bits per heavy atom. The standard InChI is InChI=1S/C15H19F3N2O3.ClH/c16-15(17,18)23-11-3-1-10(2-4-11)7-8-20-14(21)13-6-5-12(9-19)22-13;/h1-4,12-13H,5-9,19H2,(H,20,21);1H/t12-,13+;/m1./s1. The third-order valence-electron chi connectivity index (χ3n) is 3.53. The van der Waals surface area contributed by atoms with Crippen LogP contribution in [0.25, 0.3) is 0 Å². The maximum atomic E-state index is 12.0. The Hall–Kier alpha value is -1.51. The first-order valence-corrected chi connectivity index (χ1v) is 7.35. The molecule has 2 rings (SSSR count). The maximum absolute atomic E-state index is 12.0. The van der Waals surface area contributed by atoms with E-state index in [1.54, 1.807) is 0 Å². The van der Waals surface area contributed by atoms with E-state index >= 15 is 0 Å². The minimum atomic E-state index is -4.70. The molecule has 1 aromatic rings. The lowest BCUT2D eigenvalue weighted by molar-refractivity contribution is -0.274. The van der Waals surface area contributed by atoms with E-state index in [4.69, 9.17) is 10.5 Å². The fourth-order valence-electron chi connectivity index (χ4n) is 2.37. The Bertz CT molecular complexity index is 526. The lowest BCUT2D eigenvalue weighted by Gasteiger charge is -2.13. The second kappa shape index (κ2) is 9.10. The number of carbonyl (C=O) groups is 1. The molecule has 0 bridgehead atoms. The van der Waals surface area contributed by atoms with Crippen molar-refractivity contribution in [3.8, 4) is 5.75 Å². The van der Waals surface area contributed by atoms with Gasteiger partial charge in [-0.2, -0.15) is 0 Å². The summed E-state index contributed by atoms with van der Waals surface area (Å²) in [4.78, 5) is 11.9. The van der Waals surface area contributed by atoms with Crippen molar-refractivity contribution in [1.82, 2.24) is 5.32 Å². The van der Waals surface area contributed by atoms with Crippen LogP contribution in [-0.4, -0.2) is 37.6 Å². The number of ether oxygens (including phenoxy) is 2. The molecule has 5 nitrogen and oxygen atoms in total. The average Bonchev–Trinajstić information content (AvgIpc) is 2.96. The maximum Gasteiger partial charge on any atom is 0.573 e. The van der Waals surface area contributed by atoms with Gasteiger partial charge >= 0.3 is 6.36 Å². The molecule has 0 saturated carbocycles. The molecule has 9 heteroatoms. The summed E-state index contributed by atoms with van der Waals surface area (Å²) in [6.07, 6.45) is -3.30. The van der Waals surface area contributed by atoms with Crippen LogP contribution in [0.1, 0.15) is 18.4 Å². The number of carbonyl (C=O) groups excluding carboxylic acids is 1. The van der Waals surface area contributed by atoms with Crippen LogP contribution in [0.15, 0.2) is 24.3 Å². The number of benzene rings is 1. The van der Waals surface area contributed by atoms with Crippen LogP contribution >= 0.6 is 12.4 Å². The second-order valence-electron chi connectivity index (χ2n) is 5.29. The van der Waals surface area contributed by atoms with E-state index in [9.17, 15) is 18.0 Å². The summed E-state index contributed by atoms with van der Waals surface area (Å²) >= 11 is 0. The molecule has 0 radical (unpaired) electrons. The molecule has 0 aromatic heterocycles. The molecule has 3 N–H and O–H groups in total. The first-order valence-electron chi connectivity index (χ1n) is 7.35. The van der Waals surface area contributed by atoms with Gasteiger partial charge in [-0.15, -0.1) is 25.6 Å². The minimum Gasteiger partial charge on any atom is -0.406 e. The van der Waals surface area contributed by atoms with Crippen molar-refractivity contribution in [1.29, 1.82) is 0 Å². The zero-order chi connectivity index (χ0) is 16.9. The average molecular weight is 369 g/mol. The molecule has 0 unspecified atom stereocenters. The van der Waals surface area contributed by atoms with Crippen LogP contribution in [0.2, 0.25) is 0 Å². The summed E-state index contributed by atoms with van der Waals surface area (Å²) in [6, 6.07) is 5.56. The van der Waals surface area contributed by atoms with Gasteiger partial charge in [0, 0.05) is 13.1 Å². The fraction of sp³-hybridized carbons (Fsp3) is 0.533. The molecule has 0 aliphatic carbocycles. The number of hydrogen-bond acceptors (Lipinski definition) is 4. The minimum absolute atomic E-state index is 0. The summed E-state index contributed by atoms with van der Waals surface area (Å²) in [6.45, 7) is 0.779. The largest absolute Gasteiger partial charge is 0.573 e. The van der Waals surface area contributed by atoms with E-state index in [1.165, 1.54) is 24.3 Å². The van der Waals surface area contributed by atoms with E-state index < -0.39 is 12.5 Å². The monoisotopic (exact) mass is 368 g/mol. The number of hydrogen-bond donors (Lipinski definition) is 2. The SMILES string of the molecule is Cl.NC[C@H]1CC[C@@H](C(=O)NCCc2ccc(OC(F)(F)F)cc2)O1. The Labute approximate surface area is 144 Å². The molecule has 24 heavy (non-hydrogen) atoms. The highest BCUT2D eigenvalue weighted by Gasteiger charge is 2.31. The molecule has 1 aromatic carbocycles. The van der Waals surface area contributed by atoms with E-state index in [1.807, 2.05) is 0 Å². The number of nitrogens with two attached hydrogens (primary N) is 1. The predicted octanol–water partition coefficient (Wildman–Crippen LogP) is 2.17. The molecule has 1 amide bonds. The molecule has 1 heterocycles. The van der Waals surface area contributed by atoms with Crippen molar-refractivity contribution >= 4 is 18.3 Å². The quantitative estimate of drug-likeness (QED) is 0.807. The molecule has 136 valence electrons. The van der Waals surface area contributed by atoms with Gasteiger partial charge in [0.2, 0.25) is 5.91 Å². The Morgan fingerprint density at radius 3 is 2.50 bits per heavy atom. The third kappa shape index (κ3) is 6.54. The second-order valence-corrected chi connectivity index (χ2v) is 5.29. The van der Waals surface area contributed by atoms with Gasteiger partial charge in [-0.1, -0.05) is 12.1 Å². The van der Waals surface area contributed by atoms with Crippen molar-refractivity contribution in [2.24, 2.45) is 5.73 Å². The topological polar surface area (TPSA) is 73.6 Å². The number of halogens is 4. The smallest absolute Gasteiger partial charge is 0.406 e. The third-order valence-corrected chi connectivity index (χ3v) is 3.53. The van der Waals surface area contributed by atoms with Gasteiger partial charge in [-0.3, -0.25) is 4.79 Å². The van der Waals surface area contributed by atoms with Crippen LogP contribution in [0.4, 0.5) is 13.2 Å². The number of nitrogens with one attached hydrogen (secondary N) is 1. The first-order chi connectivity index (χ1) is 10.9. The molecular weight excluding hydrogens is 349 g/mol. The van der Waals surface area contributed by atoms with Crippen LogP contribution in [0.3, 0.4) is 0 Å². The molecule has 1 fully saturated rings. The molecular formula is C15H20ClF3N2O3. The van der Waals surface area contributed by atoms with Crippen LogP contribution in [0, 0.1) is 0 Å². The first kappa shape index (κ1) is 20.5. The number of alkyl halides is 3. The number of amides is 1. The van der Waals surface area contributed by atoms with Gasteiger partial charge in [0.05, 0.1) is 6.10 Å². The highest BCUT2D eigenvalue weighted by atomic mass is 35.5. The molecule has 0 spiro atoms. The summed E-state index contributed by atoms with van der Waals surface area (Å²) in [7, 11) is 0.